The Morgan fingerprint density at radius 3 is 2.69 bits per heavy atom. The molecule has 0 atom stereocenters. The van der Waals surface area contributed by atoms with Crippen LogP contribution >= 0.6 is 0 Å². The smallest absolute Gasteiger partial charge is 0.344 e. The number of primary amides is 1. The number of nitrogen functional groups attached to an aromatic ring is 1. The molecule has 2 aromatic carbocycles. The first-order chi connectivity index (χ1) is 12.5. The number of carbonyl (C=O) groups excluding carboxylic acids is 1. The molecule has 0 aliphatic carbocycles. The molecular formula is C18H18N6O2. The predicted molar refractivity (Wildman–Crippen MR) is 100 cm³/mol. The number of benzene rings is 2. The van der Waals surface area contributed by atoms with Gasteiger partial charge in [0, 0.05) is 11.9 Å². The van der Waals surface area contributed by atoms with Crippen LogP contribution < -0.4 is 27.1 Å². The van der Waals surface area contributed by atoms with E-state index in [1.165, 1.54) is 6.20 Å². The fourth-order valence-corrected chi connectivity index (χ4v) is 2.24. The van der Waals surface area contributed by atoms with Gasteiger partial charge in [-0.1, -0.05) is 24.3 Å². The Labute approximate surface area is 150 Å². The fraction of sp³-hybridized carbons (Fsp3) is 0.0556. The van der Waals surface area contributed by atoms with E-state index in [1.54, 1.807) is 12.1 Å². The molecule has 0 saturated heterocycles. The van der Waals surface area contributed by atoms with E-state index in [1.807, 2.05) is 43.3 Å². The summed E-state index contributed by atoms with van der Waals surface area (Å²) in [5.41, 5.74) is 17.0. The average Bonchev–Trinajstić information content (AvgIpc) is 2.61. The highest BCUT2D eigenvalue weighted by Crippen LogP contribution is 2.22. The summed E-state index contributed by atoms with van der Waals surface area (Å²) >= 11 is 0. The lowest BCUT2D eigenvalue weighted by Gasteiger charge is -2.12. The molecule has 0 radical (unpaired) electrons. The number of nitrogens with one attached hydrogen (secondary N) is 2. The van der Waals surface area contributed by atoms with Crippen LogP contribution in [0.3, 0.4) is 0 Å². The van der Waals surface area contributed by atoms with Crippen LogP contribution in [0.2, 0.25) is 0 Å². The zero-order valence-corrected chi connectivity index (χ0v) is 14.1. The number of anilines is 4. The number of nitrogens with two attached hydrogens (primary N) is 2. The van der Waals surface area contributed by atoms with Crippen LogP contribution in [0.4, 0.5) is 22.9 Å². The van der Waals surface area contributed by atoms with Crippen LogP contribution in [0, 0.1) is 6.92 Å². The summed E-state index contributed by atoms with van der Waals surface area (Å²) in [5, 5.41) is 3.06. The third kappa shape index (κ3) is 3.99. The maximum Gasteiger partial charge on any atom is 0.344 e. The molecule has 132 valence electrons. The van der Waals surface area contributed by atoms with Crippen molar-refractivity contribution in [2.45, 2.75) is 6.92 Å². The van der Waals surface area contributed by atoms with E-state index in [2.05, 4.69) is 20.8 Å². The van der Waals surface area contributed by atoms with Gasteiger partial charge >= 0.3 is 6.01 Å². The van der Waals surface area contributed by atoms with Gasteiger partial charge in [-0.05, 0) is 36.8 Å². The molecule has 8 nitrogen and oxygen atoms in total. The summed E-state index contributed by atoms with van der Waals surface area (Å²) in [7, 11) is 0. The van der Waals surface area contributed by atoms with Gasteiger partial charge in [-0.25, -0.2) is 10.5 Å². The average molecular weight is 350 g/mol. The van der Waals surface area contributed by atoms with Gasteiger partial charge in [-0.3, -0.25) is 4.79 Å². The second-order valence-electron chi connectivity index (χ2n) is 5.56. The summed E-state index contributed by atoms with van der Waals surface area (Å²) in [6, 6.07) is 14.7. The van der Waals surface area contributed by atoms with Crippen molar-refractivity contribution in [2.24, 2.45) is 5.73 Å². The van der Waals surface area contributed by atoms with E-state index < -0.39 is 5.91 Å². The van der Waals surface area contributed by atoms with Gasteiger partial charge in [-0.15, -0.1) is 0 Å². The molecule has 0 fully saturated rings. The van der Waals surface area contributed by atoms with E-state index in [4.69, 9.17) is 16.3 Å². The van der Waals surface area contributed by atoms with Crippen LogP contribution in [0.1, 0.15) is 15.9 Å². The summed E-state index contributed by atoms with van der Waals surface area (Å²) in [5.74, 6) is -0.400. The van der Waals surface area contributed by atoms with Crippen molar-refractivity contribution in [1.82, 2.24) is 9.97 Å². The molecule has 0 aliphatic rings. The number of rotatable bonds is 6. The Morgan fingerprint density at radius 2 is 1.96 bits per heavy atom. The highest BCUT2D eigenvalue weighted by molar-refractivity contribution is 5.97. The Hall–Kier alpha value is -3.81. The second-order valence-corrected chi connectivity index (χ2v) is 5.56. The predicted octanol–water partition coefficient (Wildman–Crippen LogP) is 2.62. The summed E-state index contributed by atoms with van der Waals surface area (Å²) in [6.45, 7) is 1.96. The zero-order valence-electron chi connectivity index (χ0n) is 14.1. The number of amides is 1. The largest absolute Gasteiger partial charge is 0.397 e. The molecule has 0 bridgehead atoms. The molecular weight excluding hydrogens is 332 g/mol. The van der Waals surface area contributed by atoms with Gasteiger partial charge in [-0.2, -0.15) is 4.98 Å². The highest BCUT2D eigenvalue weighted by atomic mass is 16.7. The number of hydrogen-bond donors (Lipinski definition) is 4. The zero-order chi connectivity index (χ0) is 18.5. The highest BCUT2D eigenvalue weighted by Gasteiger charge is 2.14. The van der Waals surface area contributed by atoms with Crippen molar-refractivity contribution >= 4 is 28.8 Å². The quantitative estimate of drug-likeness (QED) is 0.397. The number of hydrogen-bond acceptors (Lipinski definition) is 7. The number of aromatic nitrogens is 2. The third-order valence-corrected chi connectivity index (χ3v) is 3.53. The monoisotopic (exact) mass is 350 g/mol. The van der Waals surface area contributed by atoms with Crippen LogP contribution in [-0.2, 0) is 0 Å². The minimum Gasteiger partial charge on any atom is -0.397 e. The van der Waals surface area contributed by atoms with Gasteiger partial charge in [0.1, 0.15) is 5.56 Å². The number of aryl methyl sites for hydroxylation is 1. The Kier molecular flexibility index (Phi) is 4.84. The summed E-state index contributed by atoms with van der Waals surface area (Å²) < 4.78 is 0. The van der Waals surface area contributed by atoms with Crippen molar-refractivity contribution in [3.63, 3.8) is 0 Å². The number of carbonyl (C=O) groups is 1. The molecule has 3 rings (SSSR count). The molecule has 0 aliphatic heterocycles. The third-order valence-electron chi connectivity index (χ3n) is 3.53. The lowest BCUT2D eigenvalue weighted by Crippen LogP contribution is -2.16. The van der Waals surface area contributed by atoms with Gasteiger partial charge in [0.2, 0.25) is 0 Å². The first-order valence-corrected chi connectivity index (χ1v) is 7.81. The maximum absolute atomic E-state index is 11.6. The Bertz CT molecular complexity index is 944. The van der Waals surface area contributed by atoms with Crippen molar-refractivity contribution < 1.29 is 9.63 Å². The van der Waals surface area contributed by atoms with Crippen molar-refractivity contribution in [1.29, 1.82) is 0 Å². The minimum atomic E-state index is -0.646. The number of nitrogens with zero attached hydrogens (tertiary/aromatic N) is 2. The molecule has 1 heterocycles. The SMILES string of the molecule is Cc1cccc(Nc2nc(ONc3ccccc3N)ncc2C(N)=O)c1. The summed E-state index contributed by atoms with van der Waals surface area (Å²) in [6.07, 6.45) is 1.30. The molecule has 1 aromatic heterocycles. The normalized spacial score (nSPS) is 10.2. The minimum absolute atomic E-state index is 0.00778. The Balaban J connectivity index is 1.84. The van der Waals surface area contributed by atoms with Gasteiger partial charge in [0.25, 0.3) is 5.91 Å². The van der Waals surface area contributed by atoms with E-state index >= 15 is 0 Å². The molecule has 6 N–H and O–H groups in total. The van der Waals surface area contributed by atoms with E-state index in [0.29, 0.717) is 11.4 Å². The molecule has 26 heavy (non-hydrogen) atoms. The van der Waals surface area contributed by atoms with Crippen LogP contribution in [0.15, 0.2) is 54.7 Å². The van der Waals surface area contributed by atoms with Gasteiger partial charge < -0.3 is 21.6 Å². The van der Waals surface area contributed by atoms with Crippen LogP contribution in [0.25, 0.3) is 0 Å². The maximum atomic E-state index is 11.6. The summed E-state index contributed by atoms with van der Waals surface area (Å²) in [4.78, 5) is 25.2. The van der Waals surface area contributed by atoms with E-state index in [-0.39, 0.29) is 17.4 Å². The standard InChI is InChI=1S/C18H18N6O2/c1-11-5-4-6-12(9-11)22-17-13(16(20)25)10-21-18(23-17)26-24-15-8-3-2-7-14(15)19/h2-10,24H,19H2,1H3,(H2,20,25)(H,21,22,23). The first kappa shape index (κ1) is 17.0. The molecule has 0 saturated carbocycles. The van der Waals surface area contributed by atoms with Crippen molar-refractivity contribution in [3.8, 4) is 6.01 Å². The van der Waals surface area contributed by atoms with E-state index in [9.17, 15) is 4.79 Å². The fourth-order valence-electron chi connectivity index (χ4n) is 2.24. The molecule has 1 amide bonds. The Morgan fingerprint density at radius 1 is 1.15 bits per heavy atom. The molecule has 0 unspecified atom stereocenters. The lowest BCUT2D eigenvalue weighted by molar-refractivity contribution is 0.100. The first-order valence-electron chi connectivity index (χ1n) is 7.81. The van der Waals surface area contributed by atoms with Crippen molar-refractivity contribution in [2.75, 3.05) is 16.5 Å². The second kappa shape index (κ2) is 7.39. The van der Waals surface area contributed by atoms with Gasteiger partial charge in [0.15, 0.2) is 5.82 Å². The topological polar surface area (TPSA) is 128 Å². The van der Waals surface area contributed by atoms with Crippen LogP contribution in [-0.4, -0.2) is 15.9 Å². The molecule has 3 aromatic rings. The van der Waals surface area contributed by atoms with Crippen molar-refractivity contribution in [3.05, 3.63) is 65.9 Å². The van der Waals surface area contributed by atoms with Gasteiger partial charge in [0.05, 0.1) is 11.4 Å². The number of para-hydroxylation sites is 2. The van der Waals surface area contributed by atoms with Crippen LogP contribution in [0.5, 0.6) is 6.01 Å². The lowest BCUT2D eigenvalue weighted by atomic mass is 10.2. The molecule has 0 spiro atoms. The van der Waals surface area contributed by atoms with E-state index in [0.717, 1.165) is 11.3 Å². The molecule has 8 heteroatoms.